The van der Waals surface area contributed by atoms with Gasteiger partial charge in [-0.2, -0.15) is 0 Å². The summed E-state index contributed by atoms with van der Waals surface area (Å²) in [6.45, 7) is 3.46. The van der Waals surface area contributed by atoms with Gasteiger partial charge in [-0.15, -0.1) is 0 Å². The molecule has 0 heterocycles. The lowest BCUT2D eigenvalue weighted by Gasteiger charge is -2.15. The molecule has 1 rings (SSSR count). The van der Waals surface area contributed by atoms with Crippen LogP contribution in [0.15, 0.2) is 24.3 Å². The van der Waals surface area contributed by atoms with Gasteiger partial charge >= 0.3 is 0 Å². The first-order valence-electron chi connectivity index (χ1n) is 6.17. The molecule has 1 amide bonds. The average Bonchev–Trinajstić information content (AvgIpc) is 2.38. The van der Waals surface area contributed by atoms with E-state index in [1.54, 1.807) is 38.2 Å². The summed E-state index contributed by atoms with van der Waals surface area (Å²) in [5.41, 5.74) is 1.37. The van der Waals surface area contributed by atoms with E-state index in [1.165, 1.54) is 0 Å². The Morgan fingerprint density at radius 1 is 1.26 bits per heavy atom. The first-order chi connectivity index (χ1) is 8.88. The SMILES string of the molecule is CCS(=O)(=O)CC(C)Nc1ccc(C(=O)NC)cc1. The van der Waals surface area contributed by atoms with Crippen molar-refractivity contribution in [3.8, 4) is 0 Å². The number of sulfone groups is 1. The molecule has 0 aliphatic heterocycles. The number of rotatable bonds is 6. The number of carbonyl (C=O) groups excluding carboxylic acids is 1. The number of carbonyl (C=O) groups is 1. The highest BCUT2D eigenvalue weighted by Crippen LogP contribution is 2.11. The van der Waals surface area contributed by atoms with Gasteiger partial charge < -0.3 is 10.6 Å². The van der Waals surface area contributed by atoms with Crippen LogP contribution in [-0.4, -0.2) is 38.9 Å². The van der Waals surface area contributed by atoms with Crippen molar-refractivity contribution in [1.82, 2.24) is 5.32 Å². The summed E-state index contributed by atoms with van der Waals surface area (Å²) in [6.07, 6.45) is 0. The van der Waals surface area contributed by atoms with Gasteiger partial charge in [0.2, 0.25) is 0 Å². The van der Waals surface area contributed by atoms with Crippen LogP contribution in [-0.2, 0) is 9.84 Å². The van der Waals surface area contributed by atoms with Crippen LogP contribution >= 0.6 is 0 Å². The van der Waals surface area contributed by atoms with Gasteiger partial charge in [0.25, 0.3) is 5.91 Å². The molecule has 0 spiro atoms. The van der Waals surface area contributed by atoms with Crippen LogP contribution in [0.3, 0.4) is 0 Å². The molecule has 1 unspecified atom stereocenters. The molecule has 0 aliphatic carbocycles. The van der Waals surface area contributed by atoms with E-state index in [1.807, 2.05) is 6.92 Å². The van der Waals surface area contributed by atoms with Crippen molar-refractivity contribution in [3.63, 3.8) is 0 Å². The minimum Gasteiger partial charge on any atom is -0.382 e. The highest BCUT2D eigenvalue weighted by molar-refractivity contribution is 7.91. The first kappa shape index (κ1) is 15.5. The summed E-state index contributed by atoms with van der Waals surface area (Å²) in [7, 11) is -1.42. The number of benzene rings is 1. The quantitative estimate of drug-likeness (QED) is 0.825. The molecule has 1 atom stereocenters. The molecule has 1 aromatic rings. The molecular formula is C13H20N2O3S. The predicted molar refractivity (Wildman–Crippen MR) is 77.2 cm³/mol. The molecule has 0 fully saturated rings. The third-order valence-corrected chi connectivity index (χ3v) is 4.62. The Morgan fingerprint density at radius 2 is 1.84 bits per heavy atom. The molecule has 0 saturated carbocycles. The Balaban J connectivity index is 2.65. The van der Waals surface area contributed by atoms with Crippen molar-refractivity contribution in [2.24, 2.45) is 0 Å². The molecular weight excluding hydrogens is 264 g/mol. The molecule has 106 valence electrons. The number of amides is 1. The van der Waals surface area contributed by atoms with E-state index in [0.717, 1.165) is 5.69 Å². The van der Waals surface area contributed by atoms with Gasteiger partial charge in [-0.1, -0.05) is 6.92 Å². The van der Waals surface area contributed by atoms with Gasteiger partial charge in [0.15, 0.2) is 9.84 Å². The van der Waals surface area contributed by atoms with E-state index in [0.29, 0.717) is 5.56 Å². The smallest absolute Gasteiger partial charge is 0.251 e. The zero-order chi connectivity index (χ0) is 14.5. The van der Waals surface area contributed by atoms with Crippen LogP contribution in [0.1, 0.15) is 24.2 Å². The fraction of sp³-hybridized carbons (Fsp3) is 0.462. The number of nitrogens with one attached hydrogen (secondary N) is 2. The maximum atomic E-state index is 11.5. The van der Waals surface area contributed by atoms with Gasteiger partial charge in [0.05, 0.1) is 5.75 Å². The molecule has 0 aromatic heterocycles. The van der Waals surface area contributed by atoms with Gasteiger partial charge in [0.1, 0.15) is 0 Å². The van der Waals surface area contributed by atoms with Crippen molar-refractivity contribution in [2.45, 2.75) is 19.9 Å². The summed E-state index contributed by atoms with van der Waals surface area (Å²) in [4.78, 5) is 11.4. The van der Waals surface area contributed by atoms with Crippen LogP contribution < -0.4 is 10.6 Å². The maximum Gasteiger partial charge on any atom is 0.251 e. The Kier molecular flexibility index (Phi) is 5.35. The first-order valence-corrected chi connectivity index (χ1v) is 7.99. The third-order valence-electron chi connectivity index (χ3n) is 2.73. The Hall–Kier alpha value is -1.56. The fourth-order valence-electron chi connectivity index (χ4n) is 1.69. The van der Waals surface area contributed by atoms with Gasteiger partial charge in [-0.3, -0.25) is 4.79 Å². The second-order valence-electron chi connectivity index (χ2n) is 4.40. The molecule has 1 aromatic carbocycles. The van der Waals surface area contributed by atoms with Crippen LogP contribution in [0.4, 0.5) is 5.69 Å². The molecule has 0 saturated heterocycles. The Morgan fingerprint density at radius 3 is 2.32 bits per heavy atom. The number of anilines is 1. The van der Waals surface area contributed by atoms with Crippen molar-refractivity contribution in [3.05, 3.63) is 29.8 Å². The number of hydrogen-bond acceptors (Lipinski definition) is 4. The summed E-state index contributed by atoms with van der Waals surface area (Å²) in [5, 5.41) is 5.65. The average molecular weight is 284 g/mol. The van der Waals surface area contributed by atoms with Gasteiger partial charge in [0, 0.05) is 30.1 Å². The van der Waals surface area contributed by atoms with Crippen LogP contribution in [0.5, 0.6) is 0 Å². The highest BCUT2D eigenvalue weighted by atomic mass is 32.2. The van der Waals surface area contributed by atoms with E-state index < -0.39 is 9.84 Å². The van der Waals surface area contributed by atoms with E-state index in [-0.39, 0.29) is 23.5 Å². The van der Waals surface area contributed by atoms with E-state index in [9.17, 15) is 13.2 Å². The van der Waals surface area contributed by atoms with Gasteiger partial charge in [-0.05, 0) is 31.2 Å². The lowest BCUT2D eigenvalue weighted by atomic mass is 10.2. The topological polar surface area (TPSA) is 75.3 Å². The van der Waals surface area contributed by atoms with Crippen LogP contribution in [0.2, 0.25) is 0 Å². The largest absolute Gasteiger partial charge is 0.382 e. The second-order valence-corrected chi connectivity index (χ2v) is 6.80. The summed E-state index contributed by atoms with van der Waals surface area (Å²) in [5.74, 6) is 0.100. The summed E-state index contributed by atoms with van der Waals surface area (Å²) >= 11 is 0. The maximum absolute atomic E-state index is 11.5. The van der Waals surface area contributed by atoms with Gasteiger partial charge in [-0.25, -0.2) is 8.42 Å². The Bertz CT molecular complexity index is 523. The van der Waals surface area contributed by atoms with Crippen molar-refractivity contribution >= 4 is 21.4 Å². The zero-order valence-corrected chi connectivity index (χ0v) is 12.3. The normalized spacial score (nSPS) is 12.8. The van der Waals surface area contributed by atoms with E-state index in [4.69, 9.17) is 0 Å². The summed E-state index contributed by atoms with van der Waals surface area (Å²) < 4.78 is 23.0. The minimum atomic E-state index is -2.99. The summed E-state index contributed by atoms with van der Waals surface area (Å²) in [6, 6.07) is 6.75. The number of hydrogen-bond donors (Lipinski definition) is 2. The molecule has 2 N–H and O–H groups in total. The zero-order valence-electron chi connectivity index (χ0n) is 11.4. The fourth-order valence-corrected chi connectivity index (χ4v) is 2.77. The van der Waals surface area contributed by atoms with E-state index >= 15 is 0 Å². The van der Waals surface area contributed by atoms with Crippen molar-refractivity contribution in [1.29, 1.82) is 0 Å². The monoisotopic (exact) mass is 284 g/mol. The Labute approximate surface area is 114 Å². The lowest BCUT2D eigenvalue weighted by Crippen LogP contribution is -2.26. The highest BCUT2D eigenvalue weighted by Gasteiger charge is 2.13. The standard InChI is InChI=1S/C13H20N2O3S/c1-4-19(17,18)9-10(2)15-12-7-5-11(6-8-12)13(16)14-3/h5-8,10,15H,4,9H2,1-3H3,(H,14,16). The van der Waals surface area contributed by atoms with Crippen LogP contribution in [0.25, 0.3) is 0 Å². The molecule has 0 aliphatic rings. The van der Waals surface area contributed by atoms with Crippen LogP contribution in [0, 0.1) is 0 Å². The molecule has 6 heteroatoms. The molecule has 0 bridgehead atoms. The minimum absolute atomic E-state index is 0.0979. The van der Waals surface area contributed by atoms with E-state index in [2.05, 4.69) is 10.6 Å². The predicted octanol–water partition coefficient (Wildman–Crippen LogP) is 1.28. The second kappa shape index (κ2) is 6.56. The molecule has 0 radical (unpaired) electrons. The molecule has 19 heavy (non-hydrogen) atoms. The molecule has 5 nitrogen and oxygen atoms in total. The lowest BCUT2D eigenvalue weighted by molar-refractivity contribution is 0.0963. The van der Waals surface area contributed by atoms with Crippen molar-refractivity contribution in [2.75, 3.05) is 23.9 Å². The van der Waals surface area contributed by atoms with Crippen molar-refractivity contribution < 1.29 is 13.2 Å². The third kappa shape index (κ3) is 4.90.